The van der Waals surface area contributed by atoms with E-state index in [9.17, 15) is 4.79 Å². The third-order valence-electron chi connectivity index (χ3n) is 7.51. The highest BCUT2D eigenvalue weighted by Gasteiger charge is 2.26. The Bertz CT molecular complexity index is 1140. The highest BCUT2D eigenvalue weighted by molar-refractivity contribution is 5.79. The van der Waals surface area contributed by atoms with E-state index in [0.29, 0.717) is 13.0 Å². The Morgan fingerprint density at radius 3 is 2.31 bits per heavy atom. The fourth-order valence-corrected chi connectivity index (χ4v) is 5.29. The van der Waals surface area contributed by atoms with Gasteiger partial charge in [0.05, 0.1) is 12.5 Å². The number of hydrogen-bond acceptors (Lipinski definition) is 4. The lowest BCUT2D eigenvalue weighted by Gasteiger charge is -2.38. The van der Waals surface area contributed by atoms with Crippen molar-refractivity contribution in [3.05, 3.63) is 89.5 Å². The summed E-state index contributed by atoms with van der Waals surface area (Å²) < 4.78 is 0. The highest BCUT2D eigenvalue weighted by atomic mass is 16.1. The SMILES string of the molecule is CN1CCN(C(CNC(=O)Cc2ccc(-c3ccccc3)cc2)c2ccc3c(c2)CCN3C)CC1. The van der Waals surface area contributed by atoms with Gasteiger partial charge in [0, 0.05) is 52.0 Å². The van der Waals surface area contributed by atoms with E-state index in [1.165, 1.54) is 27.9 Å². The van der Waals surface area contributed by atoms with Crippen LogP contribution in [0.1, 0.15) is 22.7 Å². The number of rotatable bonds is 7. The molecule has 3 aromatic carbocycles. The zero-order valence-electron chi connectivity index (χ0n) is 20.9. The van der Waals surface area contributed by atoms with E-state index in [0.717, 1.165) is 44.7 Å². The summed E-state index contributed by atoms with van der Waals surface area (Å²) >= 11 is 0. The summed E-state index contributed by atoms with van der Waals surface area (Å²) in [7, 11) is 4.35. The second-order valence-corrected chi connectivity index (χ2v) is 9.96. The number of anilines is 1. The van der Waals surface area contributed by atoms with Crippen LogP contribution in [0, 0.1) is 0 Å². The molecule has 0 radical (unpaired) electrons. The van der Waals surface area contributed by atoms with Crippen molar-refractivity contribution in [2.75, 3.05) is 58.3 Å². The van der Waals surface area contributed by atoms with Crippen LogP contribution in [-0.2, 0) is 17.6 Å². The van der Waals surface area contributed by atoms with Gasteiger partial charge in [0.1, 0.15) is 0 Å². The van der Waals surface area contributed by atoms with Crippen molar-refractivity contribution in [3.63, 3.8) is 0 Å². The molecule has 1 unspecified atom stereocenters. The molecule has 2 heterocycles. The molecule has 1 saturated heterocycles. The number of benzene rings is 3. The van der Waals surface area contributed by atoms with Crippen LogP contribution >= 0.6 is 0 Å². The minimum Gasteiger partial charge on any atom is -0.374 e. The Balaban J connectivity index is 1.25. The summed E-state index contributed by atoms with van der Waals surface area (Å²) in [5.74, 6) is 0.0810. The largest absolute Gasteiger partial charge is 0.374 e. The van der Waals surface area contributed by atoms with Crippen molar-refractivity contribution in [1.29, 1.82) is 0 Å². The summed E-state index contributed by atoms with van der Waals surface area (Å²) in [6.07, 6.45) is 1.50. The molecule has 0 spiro atoms. The second-order valence-electron chi connectivity index (χ2n) is 9.96. The number of likely N-dealkylation sites (N-methyl/N-ethyl adjacent to an activating group) is 2. The lowest BCUT2D eigenvalue weighted by atomic mass is 10.00. The number of hydrogen-bond donors (Lipinski definition) is 1. The summed E-state index contributed by atoms with van der Waals surface area (Å²) in [4.78, 5) is 20.2. The van der Waals surface area contributed by atoms with Gasteiger partial charge in [0.25, 0.3) is 0 Å². The molecule has 0 saturated carbocycles. The minimum atomic E-state index is 0.0810. The average Bonchev–Trinajstić information content (AvgIpc) is 3.26. The fourth-order valence-electron chi connectivity index (χ4n) is 5.29. The number of fused-ring (bicyclic) bond motifs is 1. The smallest absolute Gasteiger partial charge is 0.224 e. The maximum Gasteiger partial charge on any atom is 0.224 e. The number of piperazine rings is 1. The van der Waals surface area contributed by atoms with E-state index in [-0.39, 0.29) is 11.9 Å². The van der Waals surface area contributed by atoms with Gasteiger partial charge in [-0.25, -0.2) is 0 Å². The monoisotopic (exact) mass is 468 g/mol. The van der Waals surface area contributed by atoms with Crippen LogP contribution in [0.5, 0.6) is 0 Å². The normalized spacial score (nSPS) is 17.3. The van der Waals surface area contributed by atoms with Gasteiger partial charge in [0.2, 0.25) is 5.91 Å². The molecule has 2 aliphatic rings. The Hall–Kier alpha value is -3.15. The zero-order chi connectivity index (χ0) is 24.2. The fraction of sp³-hybridized carbons (Fsp3) is 0.367. The maximum atomic E-state index is 12.9. The predicted octanol–water partition coefficient (Wildman–Crippen LogP) is 3.99. The lowest BCUT2D eigenvalue weighted by molar-refractivity contribution is -0.120. The van der Waals surface area contributed by atoms with E-state index < -0.39 is 0 Å². The predicted molar refractivity (Wildman–Crippen MR) is 144 cm³/mol. The van der Waals surface area contributed by atoms with Crippen LogP contribution in [0.15, 0.2) is 72.8 Å². The van der Waals surface area contributed by atoms with Crippen molar-refractivity contribution in [2.45, 2.75) is 18.9 Å². The van der Waals surface area contributed by atoms with Gasteiger partial charge < -0.3 is 15.1 Å². The summed E-state index contributed by atoms with van der Waals surface area (Å²) in [6.45, 7) is 5.89. The van der Waals surface area contributed by atoms with E-state index in [4.69, 9.17) is 0 Å². The summed E-state index contributed by atoms with van der Waals surface area (Å²) in [5.41, 5.74) is 7.49. The molecule has 0 aliphatic carbocycles. The Morgan fingerprint density at radius 1 is 0.857 bits per heavy atom. The Morgan fingerprint density at radius 2 is 1.57 bits per heavy atom. The van der Waals surface area contributed by atoms with Crippen LogP contribution in [-0.4, -0.2) is 69.1 Å². The maximum absolute atomic E-state index is 12.9. The van der Waals surface area contributed by atoms with Crippen molar-refractivity contribution in [1.82, 2.24) is 15.1 Å². The van der Waals surface area contributed by atoms with Crippen LogP contribution in [0.4, 0.5) is 5.69 Å². The Kier molecular flexibility index (Phi) is 7.16. The van der Waals surface area contributed by atoms with Crippen LogP contribution in [0.2, 0.25) is 0 Å². The first kappa shape index (κ1) is 23.6. The second kappa shape index (κ2) is 10.6. The number of amides is 1. The number of nitrogens with one attached hydrogen (secondary N) is 1. The molecule has 182 valence electrons. The average molecular weight is 469 g/mol. The van der Waals surface area contributed by atoms with Gasteiger partial charge in [-0.2, -0.15) is 0 Å². The summed E-state index contributed by atoms with van der Waals surface area (Å²) in [5, 5.41) is 3.26. The van der Waals surface area contributed by atoms with Crippen molar-refractivity contribution < 1.29 is 4.79 Å². The molecule has 5 nitrogen and oxygen atoms in total. The van der Waals surface area contributed by atoms with Crippen molar-refractivity contribution >= 4 is 11.6 Å². The van der Waals surface area contributed by atoms with Gasteiger partial charge in [-0.05, 0) is 47.4 Å². The number of nitrogens with zero attached hydrogens (tertiary/aromatic N) is 3. The molecule has 1 N–H and O–H groups in total. The molecule has 2 aliphatic heterocycles. The molecule has 5 heteroatoms. The van der Waals surface area contributed by atoms with Gasteiger partial charge in [-0.15, -0.1) is 0 Å². The van der Waals surface area contributed by atoms with Crippen LogP contribution < -0.4 is 10.2 Å². The molecule has 1 fully saturated rings. The van der Waals surface area contributed by atoms with E-state index in [1.807, 2.05) is 18.2 Å². The molecular weight excluding hydrogens is 432 g/mol. The van der Waals surface area contributed by atoms with E-state index in [1.54, 1.807) is 0 Å². The third-order valence-corrected chi connectivity index (χ3v) is 7.51. The van der Waals surface area contributed by atoms with Crippen LogP contribution in [0.25, 0.3) is 11.1 Å². The minimum absolute atomic E-state index is 0.0810. The molecule has 3 aromatic rings. The highest BCUT2D eigenvalue weighted by Crippen LogP contribution is 2.31. The van der Waals surface area contributed by atoms with Gasteiger partial charge in [0.15, 0.2) is 0 Å². The molecule has 1 atom stereocenters. The first-order valence-electron chi connectivity index (χ1n) is 12.7. The molecule has 0 bridgehead atoms. The third kappa shape index (κ3) is 5.58. The standard InChI is InChI=1S/C30H36N4O/c1-32-16-18-34(19-17-32)29(26-12-13-28-27(21-26)14-15-33(28)2)22-31-30(35)20-23-8-10-25(11-9-23)24-6-4-3-5-7-24/h3-13,21,29H,14-20,22H2,1-2H3,(H,31,35). The van der Waals surface area contributed by atoms with E-state index >= 15 is 0 Å². The van der Waals surface area contributed by atoms with Crippen LogP contribution in [0.3, 0.4) is 0 Å². The summed E-state index contributed by atoms with van der Waals surface area (Å²) in [6, 6.07) is 25.8. The topological polar surface area (TPSA) is 38.8 Å². The lowest BCUT2D eigenvalue weighted by Crippen LogP contribution is -2.48. The molecule has 1 amide bonds. The Labute approximate surface area is 209 Å². The first-order chi connectivity index (χ1) is 17.1. The number of carbonyl (C=O) groups is 1. The molecular formula is C30H36N4O. The number of carbonyl (C=O) groups excluding carboxylic acids is 1. The first-order valence-corrected chi connectivity index (χ1v) is 12.7. The molecule has 35 heavy (non-hydrogen) atoms. The molecule has 5 rings (SSSR count). The quantitative estimate of drug-likeness (QED) is 0.569. The van der Waals surface area contributed by atoms with Crippen molar-refractivity contribution in [3.8, 4) is 11.1 Å². The molecule has 0 aromatic heterocycles. The van der Waals surface area contributed by atoms with E-state index in [2.05, 4.69) is 88.7 Å². The van der Waals surface area contributed by atoms with Gasteiger partial charge >= 0.3 is 0 Å². The van der Waals surface area contributed by atoms with Gasteiger partial charge in [-0.1, -0.05) is 66.7 Å². The van der Waals surface area contributed by atoms with Crippen molar-refractivity contribution in [2.24, 2.45) is 0 Å². The van der Waals surface area contributed by atoms with Gasteiger partial charge in [-0.3, -0.25) is 9.69 Å². The zero-order valence-corrected chi connectivity index (χ0v) is 20.9.